The molecule has 0 fully saturated rings. The first-order valence-corrected chi connectivity index (χ1v) is 7.19. The minimum Gasteiger partial charge on any atom is -0.490 e. The van der Waals surface area contributed by atoms with E-state index >= 15 is 0 Å². The Morgan fingerprint density at radius 3 is 2.62 bits per heavy atom. The SMILES string of the molecule is Cc1cc(C=O)c(C)n1Cc1ccc2c(c1)OCCCO2. The monoisotopic (exact) mass is 285 g/mol. The van der Waals surface area contributed by atoms with E-state index in [4.69, 9.17) is 9.47 Å². The average molecular weight is 285 g/mol. The van der Waals surface area contributed by atoms with E-state index in [1.54, 1.807) is 0 Å². The highest BCUT2D eigenvalue weighted by Gasteiger charge is 2.13. The second-order valence-electron chi connectivity index (χ2n) is 5.36. The van der Waals surface area contributed by atoms with Gasteiger partial charge in [-0.3, -0.25) is 4.79 Å². The molecule has 0 saturated carbocycles. The van der Waals surface area contributed by atoms with Crippen LogP contribution in [0.15, 0.2) is 24.3 Å². The Balaban J connectivity index is 1.90. The van der Waals surface area contributed by atoms with Crippen LogP contribution in [0.1, 0.15) is 33.7 Å². The summed E-state index contributed by atoms with van der Waals surface area (Å²) < 4.78 is 13.5. The maximum atomic E-state index is 11.0. The summed E-state index contributed by atoms with van der Waals surface area (Å²) in [4.78, 5) is 11.0. The van der Waals surface area contributed by atoms with Crippen molar-refractivity contribution in [2.75, 3.05) is 13.2 Å². The van der Waals surface area contributed by atoms with Crippen molar-refractivity contribution in [1.29, 1.82) is 0 Å². The Morgan fingerprint density at radius 2 is 1.90 bits per heavy atom. The highest BCUT2D eigenvalue weighted by Crippen LogP contribution is 2.31. The van der Waals surface area contributed by atoms with Gasteiger partial charge in [0, 0.05) is 29.9 Å². The van der Waals surface area contributed by atoms with Gasteiger partial charge in [0.1, 0.15) is 0 Å². The van der Waals surface area contributed by atoms with E-state index in [-0.39, 0.29) is 0 Å². The van der Waals surface area contributed by atoms with Crippen LogP contribution in [0, 0.1) is 13.8 Å². The van der Waals surface area contributed by atoms with Gasteiger partial charge in [0.25, 0.3) is 0 Å². The number of aromatic nitrogens is 1. The number of benzene rings is 1. The van der Waals surface area contributed by atoms with E-state index in [2.05, 4.69) is 4.57 Å². The quantitative estimate of drug-likeness (QED) is 0.813. The molecule has 0 amide bonds. The minimum atomic E-state index is 0.688. The van der Waals surface area contributed by atoms with Gasteiger partial charge in [-0.25, -0.2) is 0 Å². The lowest BCUT2D eigenvalue weighted by molar-refractivity contribution is 0.112. The third-order valence-electron chi connectivity index (χ3n) is 3.89. The predicted octanol–water partition coefficient (Wildman–Crippen LogP) is 3.13. The Labute approximate surface area is 124 Å². The molecule has 0 spiro atoms. The summed E-state index contributed by atoms with van der Waals surface area (Å²) in [5.74, 6) is 1.62. The first kappa shape index (κ1) is 13.7. The average Bonchev–Trinajstić information content (AvgIpc) is 2.68. The Bertz CT molecular complexity index is 673. The van der Waals surface area contributed by atoms with E-state index in [1.165, 1.54) is 0 Å². The van der Waals surface area contributed by atoms with Crippen LogP contribution in [0.3, 0.4) is 0 Å². The Kier molecular flexibility index (Phi) is 3.69. The number of carbonyl (C=O) groups excluding carboxylic acids is 1. The zero-order chi connectivity index (χ0) is 14.8. The first-order valence-electron chi connectivity index (χ1n) is 7.19. The second-order valence-corrected chi connectivity index (χ2v) is 5.36. The number of nitrogens with zero attached hydrogens (tertiary/aromatic N) is 1. The molecule has 0 radical (unpaired) electrons. The normalized spacial score (nSPS) is 13.8. The van der Waals surface area contributed by atoms with Gasteiger partial charge in [0.15, 0.2) is 17.8 Å². The van der Waals surface area contributed by atoms with Crippen LogP contribution in [0.4, 0.5) is 0 Å². The first-order chi connectivity index (χ1) is 10.2. The third kappa shape index (κ3) is 2.66. The molecule has 1 aliphatic heterocycles. The predicted molar refractivity (Wildman–Crippen MR) is 80.4 cm³/mol. The molecule has 0 aliphatic carbocycles. The van der Waals surface area contributed by atoms with Gasteiger partial charge in [-0.1, -0.05) is 6.07 Å². The lowest BCUT2D eigenvalue weighted by atomic mass is 10.2. The highest BCUT2D eigenvalue weighted by atomic mass is 16.5. The van der Waals surface area contributed by atoms with Gasteiger partial charge in [-0.2, -0.15) is 0 Å². The minimum absolute atomic E-state index is 0.688. The van der Waals surface area contributed by atoms with Gasteiger partial charge in [0.2, 0.25) is 0 Å². The number of hydrogen-bond donors (Lipinski definition) is 0. The fraction of sp³-hybridized carbons (Fsp3) is 0.353. The van der Waals surface area contributed by atoms with Crippen LogP contribution in [0.25, 0.3) is 0 Å². The fourth-order valence-corrected chi connectivity index (χ4v) is 2.68. The lowest BCUT2D eigenvalue weighted by Crippen LogP contribution is -2.04. The van der Waals surface area contributed by atoms with Crippen molar-refractivity contribution in [3.8, 4) is 11.5 Å². The van der Waals surface area contributed by atoms with E-state index < -0.39 is 0 Å². The van der Waals surface area contributed by atoms with Gasteiger partial charge in [0.05, 0.1) is 13.2 Å². The smallest absolute Gasteiger partial charge is 0.161 e. The Morgan fingerprint density at radius 1 is 1.14 bits per heavy atom. The molecular formula is C17H19NO3. The van der Waals surface area contributed by atoms with Crippen molar-refractivity contribution in [2.24, 2.45) is 0 Å². The van der Waals surface area contributed by atoms with Crippen LogP contribution in [-0.2, 0) is 6.54 Å². The number of ether oxygens (including phenoxy) is 2. The molecule has 0 unspecified atom stereocenters. The molecule has 0 saturated heterocycles. The van der Waals surface area contributed by atoms with Crippen LogP contribution >= 0.6 is 0 Å². The molecule has 2 aromatic rings. The molecule has 4 nitrogen and oxygen atoms in total. The number of carbonyl (C=O) groups is 1. The van der Waals surface area contributed by atoms with E-state index in [0.29, 0.717) is 13.2 Å². The summed E-state index contributed by atoms with van der Waals surface area (Å²) in [6, 6.07) is 7.96. The number of aryl methyl sites for hydroxylation is 1. The molecule has 1 aromatic carbocycles. The summed E-state index contributed by atoms with van der Waals surface area (Å²) in [6.07, 6.45) is 1.81. The number of rotatable bonds is 3. The van der Waals surface area contributed by atoms with Crippen LogP contribution in [0.5, 0.6) is 11.5 Å². The van der Waals surface area contributed by atoms with Crippen molar-refractivity contribution in [3.05, 3.63) is 46.8 Å². The molecule has 2 heterocycles. The lowest BCUT2D eigenvalue weighted by Gasteiger charge is -2.12. The van der Waals surface area contributed by atoms with Crippen LogP contribution in [-0.4, -0.2) is 24.1 Å². The molecule has 0 atom stereocenters. The molecule has 0 bridgehead atoms. The molecule has 110 valence electrons. The second kappa shape index (κ2) is 5.64. The summed E-state index contributed by atoms with van der Waals surface area (Å²) >= 11 is 0. The van der Waals surface area contributed by atoms with E-state index in [1.807, 2.05) is 38.1 Å². The maximum absolute atomic E-state index is 11.0. The Hall–Kier alpha value is -2.23. The van der Waals surface area contributed by atoms with Crippen molar-refractivity contribution in [2.45, 2.75) is 26.8 Å². The van der Waals surface area contributed by atoms with Gasteiger partial charge >= 0.3 is 0 Å². The molecule has 1 aliphatic rings. The summed E-state index contributed by atoms with van der Waals surface area (Å²) in [6.45, 7) is 6.10. The molecule has 3 rings (SSSR count). The summed E-state index contributed by atoms with van der Waals surface area (Å²) in [5.41, 5.74) is 3.97. The van der Waals surface area contributed by atoms with Crippen molar-refractivity contribution < 1.29 is 14.3 Å². The van der Waals surface area contributed by atoms with E-state index in [9.17, 15) is 4.79 Å². The van der Waals surface area contributed by atoms with Crippen LogP contribution < -0.4 is 9.47 Å². The largest absolute Gasteiger partial charge is 0.490 e. The number of fused-ring (bicyclic) bond motifs is 1. The maximum Gasteiger partial charge on any atom is 0.161 e. The fourth-order valence-electron chi connectivity index (χ4n) is 2.68. The van der Waals surface area contributed by atoms with Gasteiger partial charge in [-0.15, -0.1) is 0 Å². The number of aldehydes is 1. The number of hydrogen-bond acceptors (Lipinski definition) is 3. The molecule has 0 N–H and O–H groups in total. The van der Waals surface area contributed by atoms with Gasteiger partial charge < -0.3 is 14.0 Å². The topological polar surface area (TPSA) is 40.5 Å². The molecule has 1 aromatic heterocycles. The summed E-state index contributed by atoms with van der Waals surface area (Å²) in [7, 11) is 0. The van der Waals surface area contributed by atoms with Crippen molar-refractivity contribution in [3.63, 3.8) is 0 Å². The van der Waals surface area contributed by atoms with Crippen molar-refractivity contribution >= 4 is 6.29 Å². The zero-order valence-corrected chi connectivity index (χ0v) is 12.4. The molecule has 21 heavy (non-hydrogen) atoms. The van der Waals surface area contributed by atoms with E-state index in [0.717, 1.165) is 53.3 Å². The van der Waals surface area contributed by atoms with Crippen LogP contribution in [0.2, 0.25) is 0 Å². The third-order valence-corrected chi connectivity index (χ3v) is 3.89. The van der Waals surface area contributed by atoms with Gasteiger partial charge in [-0.05, 0) is 37.6 Å². The summed E-state index contributed by atoms with van der Waals surface area (Å²) in [5, 5.41) is 0. The van der Waals surface area contributed by atoms with Crippen molar-refractivity contribution in [1.82, 2.24) is 4.57 Å². The molecule has 4 heteroatoms. The highest BCUT2D eigenvalue weighted by molar-refractivity contribution is 5.77. The standard InChI is InChI=1S/C17H19NO3/c1-12-8-15(11-19)13(2)18(12)10-14-4-5-16-17(9-14)21-7-3-6-20-16/h4-5,8-9,11H,3,6-7,10H2,1-2H3. The zero-order valence-electron chi connectivity index (χ0n) is 12.4. The molecular weight excluding hydrogens is 266 g/mol.